The van der Waals surface area contributed by atoms with Crippen molar-refractivity contribution in [2.24, 2.45) is 17.1 Å². The monoisotopic (exact) mass is 267 g/mol. The number of aromatic nitrogens is 1. The maximum atomic E-state index is 6.37. The second-order valence-corrected chi connectivity index (χ2v) is 6.49. The number of nitrogens with zero attached hydrogens (tertiary/aromatic N) is 2. The topological polar surface area (TPSA) is 42.2 Å². The molecule has 0 aliphatic carbocycles. The van der Waals surface area contributed by atoms with E-state index in [1.165, 1.54) is 6.42 Å². The van der Waals surface area contributed by atoms with Gasteiger partial charge in [-0.05, 0) is 29.4 Å². The minimum Gasteiger partial charge on any atom is -0.355 e. The smallest absolute Gasteiger partial charge is 0.147 e. The first kappa shape index (κ1) is 13.6. The Kier molecular flexibility index (Phi) is 3.83. The molecule has 0 radical (unpaired) electrons. The van der Waals surface area contributed by atoms with Crippen LogP contribution in [0.3, 0.4) is 0 Å². The minimum absolute atomic E-state index is 0.340. The van der Waals surface area contributed by atoms with Crippen LogP contribution in [0, 0.1) is 11.3 Å². The number of hydrogen-bond donors (Lipinski definition) is 1. The molecular formula is C14H22ClN3. The van der Waals surface area contributed by atoms with E-state index in [2.05, 4.69) is 30.7 Å². The van der Waals surface area contributed by atoms with Gasteiger partial charge in [0.1, 0.15) is 5.82 Å². The molecule has 0 amide bonds. The van der Waals surface area contributed by atoms with Gasteiger partial charge in [0.2, 0.25) is 0 Å². The third kappa shape index (κ3) is 2.62. The Morgan fingerprint density at radius 2 is 2.22 bits per heavy atom. The van der Waals surface area contributed by atoms with E-state index in [1.807, 2.05) is 6.07 Å². The number of hydrogen-bond acceptors (Lipinski definition) is 3. The molecule has 2 rings (SSSR count). The highest BCUT2D eigenvalue weighted by atomic mass is 35.5. The van der Waals surface area contributed by atoms with Crippen molar-refractivity contribution in [2.45, 2.75) is 33.7 Å². The lowest BCUT2D eigenvalue weighted by Gasteiger charge is -2.27. The molecule has 1 aliphatic heterocycles. The van der Waals surface area contributed by atoms with E-state index < -0.39 is 0 Å². The summed E-state index contributed by atoms with van der Waals surface area (Å²) in [6.45, 7) is 9.42. The third-order valence-corrected chi connectivity index (χ3v) is 4.30. The number of halogens is 1. The van der Waals surface area contributed by atoms with E-state index in [0.29, 0.717) is 17.9 Å². The SMILES string of the molecule is CC(C)(C)C1CCN(c2nccc(CN)c2Cl)C1. The summed E-state index contributed by atoms with van der Waals surface area (Å²) < 4.78 is 0. The van der Waals surface area contributed by atoms with Crippen LogP contribution < -0.4 is 10.6 Å². The van der Waals surface area contributed by atoms with Crippen LogP contribution in [0.1, 0.15) is 32.8 Å². The Bertz CT molecular complexity index is 426. The van der Waals surface area contributed by atoms with E-state index in [4.69, 9.17) is 17.3 Å². The summed E-state index contributed by atoms with van der Waals surface area (Å²) in [5.74, 6) is 1.59. The third-order valence-electron chi connectivity index (χ3n) is 3.88. The molecule has 100 valence electrons. The lowest BCUT2D eigenvalue weighted by atomic mass is 9.80. The first-order valence-electron chi connectivity index (χ1n) is 6.52. The van der Waals surface area contributed by atoms with Crippen molar-refractivity contribution in [1.29, 1.82) is 0 Å². The van der Waals surface area contributed by atoms with Gasteiger partial charge in [-0.15, -0.1) is 0 Å². The zero-order chi connectivity index (χ0) is 13.3. The molecule has 0 spiro atoms. The molecule has 1 aromatic heterocycles. The molecule has 1 fully saturated rings. The fourth-order valence-electron chi connectivity index (χ4n) is 2.51. The van der Waals surface area contributed by atoms with Crippen molar-refractivity contribution in [3.8, 4) is 0 Å². The van der Waals surface area contributed by atoms with Crippen molar-refractivity contribution in [3.63, 3.8) is 0 Å². The van der Waals surface area contributed by atoms with Gasteiger partial charge in [-0.2, -0.15) is 0 Å². The zero-order valence-electron chi connectivity index (χ0n) is 11.4. The molecule has 1 aromatic rings. The maximum Gasteiger partial charge on any atom is 0.147 e. The summed E-state index contributed by atoms with van der Waals surface area (Å²) in [6.07, 6.45) is 3.00. The van der Waals surface area contributed by atoms with Crippen LogP contribution in [0.2, 0.25) is 5.02 Å². The van der Waals surface area contributed by atoms with E-state index in [-0.39, 0.29) is 0 Å². The van der Waals surface area contributed by atoms with Gasteiger partial charge in [-0.3, -0.25) is 0 Å². The normalized spacial score (nSPS) is 20.5. The van der Waals surface area contributed by atoms with Gasteiger partial charge >= 0.3 is 0 Å². The standard InChI is InChI=1S/C14H22ClN3/c1-14(2,3)11-5-7-18(9-11)13-12(15)10(8-16)4-6-17-13/h4,6,11H,5,7-9,16H2,1-3H3. The molecule has 0 aromatic carbocycles. The molecule has 0 saturated carbocycles. The highest BCUT2D eigenvalue weighted by Crippen LogP contribution is 2.37. The summed E-state index contributed by atoms with van der Waals surface area (Å²) >= 11 is 6.37. The van der Waals surface area contributed by atoms with Crippen molar-refractivity contribution in [1.82, 2.24) is 4.98 Å². The Morgan fingerprint density at radius 3 is 2.78 bits per heavy atom. The molecule has 0 bridgehead atoms. The van der Waals surface area contributed by atoms with Crippen LogP contribution in [0.4, 0.5) is 5.82 Å². The molecule has 2 heterocycles. The largest absolute Gasteiger partial charge is 0.355 e. The van der Waals surface area contributed by atoms with Gasteiger partial charge in [0.15, 0.2) is 0 Å². The average Bonchev–Trinajstić information content (AvgIpc) is 2.78. The van der Waals surface area contributed by atoms with Gasteiger partial charge in [-0.1, -0.05) is 32.4 Å². The van der Waals surface area contributed by atoms with Gasteiger partial charge in [0.25, 0.3) is 0 Å². The van der Waals surface area contributed by atoms with Crippen LogP contribution in [0.5, 0.6) is 0 Å². The zero-order valence-corrected chi connectivity index (χ0v) is 12.2. The van der Waals surface area contributed by atoms with Crippen molar-refractivity contribution in [2.75, 3.05) is 18.0 Å². The predicted molar refractivity (Wildman–Crippen MR) is 76.9 cm³/mol. The highest BCUT2D eigenvalue weighted by molar-refractivity contribution is 6.33. The van der Waals surface area contributed by atoms with E-state index in [9.17, 15) is 0 Å². The molecule has 1 aliphatic rings. The Morgan fingerprint density at radius 1 is 1.50 bits per heavy atom. The van der Waals surface area contributed by atoms with Gasteiger partial charge in [0.05, 0.1) is 5.02 Å². The van der Waals surface area contributed by atoms with Crippen LogP contribution in [-0.2, 0) is 6.54 Å². The average molecular weight is 268 g/mol. The molecule has 3 nitrogen and oxygen atoms in total. The fraction of sp³-hybridized carbons (Fsp3) is 0.643. The van der Waals surface area contributed by atoms with Crippen molar-refractivity contribution in [3.05, 3.63) is 22.8 Å². The minimum atomic E-state index is 0.340. The summed E-state index contributed by atoms with van der Waals surface area (Å²) in [7, 11) is 0. The van der Waals surface area contributed by atoms with E-state index in [0.717, 1.165) is 29.5 Å². The Labute approximate surface area is 114 Å². The molecule has 1 unspecified atom stereocenters. The Balaban J connectivity index is 2.20. The summed E-state index contributed by atoms with van der Waals surface area (Å²) in [5, 5.41) is 0.717. The highest BCUT2D eigenvalue weighted by Gasteiger charge is 2.33. The second-order valence-electron chi connectivity index (χ2n) is 6.11. The summed E-state index contributed by atoms with van der Waals surface area (Å²) in [6, 6.07) is 1.89. The van der Waals surface area contributed by atoms with Crippen LogP contribution >= 0.6 is 11.6 Å². The molecule has 18 heavy (non-hydrogen) atoms. The summed E-state index contributed by atoms with van der Waals surface area (Å²) in [4.78, 5) is 6.71. The molecule has 1 atom stereocenters. The number of pyridine rings is 1. The first-order valence-corrected chi connectivity index (χ1v) is 6.89. The first-order chi connectivity index (χ1) is 8.43. The molecule has 2 N–H and O–H groups in total. The molecule has 1 saturated heterocycles. The lowest BCUT2D eigenvalue weighted by Crippen LogP contribution is -2.26. The van der Waals surface area contributed by atoms with Gasteiger partial charge < -0.3 is 10.6 Å². The number of nitrogens with two attached hydrogens (primary N) is 1. The van der Waals surface area contributed by atoms with Crippen molar-refractivity contribution < 1.29 is 0 Å². The summed E-state index contributed by atoms with van der Waals surface area (Å²) in [5.41, 5.74) is 7.00. The van der Waals surface area contributed by atoms with Crippen LogP contribution in [0.25, 0.3) is 0 Å². The number of rotatable bonds is 2. The quantitative estimate of drug-likeness (QED) is 0.896. The second kappa shape index (κ2) is 5.06. The lowest BCUT2D eigenvalue weighted by molar-refractivity contribution is 0.263. The van der Waals surface area contributed by atoms with Crippen LogP contribution in [0.15, 0.2) is 12.3 Å². The van der Waals surface area contributed by atoms with E-state index in [1.54, 1.807) is 6.20 Å². The maximum absolute atomic E-state index is 6.37. The van der Waals surface area contributed by atoms with Crippen LogP contribution in [-0.4, -0.2) is 18.1 Å². The Hall–Kier alpha value is -0.800. The number of anilines is 1. The van der Waals surface area contributed by atoms with E-state index >= 15 is 0 Å². The van der Waals surface area contributed by atoms with Gasteiger partial charge in [-0.25, -0.2) is 4.98 Å². The predicted octanol–water partition coefficient (Wildman–Crippen LogP) is 3.07. The fourth-order valence-corrected chi connectivity index (χ4v) is 2.82. The van der Waals surface area contributed by atoms with Gasteiger partial charge in [0, 0.05) is 25.8 Å². The van der Waals surface area contributed by atoms with Crippen molar-refractivity contribution >= 4 is 17.4 Å². The molecular weight excluding hydrogens is 246 g/mol. The molecule has 4 heteroatoms.